The van der Waals surface area contributed by atoms with Gasteiger partial charge in [0.05, 0.1) is 42.7 Å². The van der Waals surface area contributed by atoms with Crippen molar-refractivity contribution >= 4 is 40.9 Å². The molecule has 0 saturated carbocycles. The van der Waals surface area contributed by atoms with Gasteiger partial charge in [-0.1, -0.05) is 48.0 Å². The Morgan fingerprint density at radius 2 is 1.88 bits per heavy atom. The number of thioether (sulfide) groups is 1. The Balaban J connectivity index is 1.27. The molecule has 7 nitrogen and oxygen atoms in total. The molecule has 0 atom stereocenters. The number of hydrogen-bond acceptors (Lipinski definition) is 6. The number of carbonyl (C=O) groups is 2. The Kier molecular flexibility index (Phi) is 9.00. The molecule has 41 heavy (non-hydrogen) atoms. The summed E-state index contributed by atoms with van der Waals surface area (Å²) in [4.78, 5) is 28.3. The smallest absolute Gasteiger partial charge is 0.339 e. The summed E-state index contributed by atoms with van der Waals surface area (Å²) in [5.74, 6) is 1.32. The molecule has 0 saturated heterocycles. The SMILES string of the molecule is COC(=O)c1cccc(Cn2cc(-c3cccc4c3SCCN4C(=O)CCCOc3cccc(C)c3C)cn2)c1Cl. The van der Waals surface area contributed by atoms with Crippen molar-refractivity contribution in [2.24, 2.45) is 0 Å². The van der Waals surface area contributed by atoms with Gasteiger partial charge in [-0.15, -0.1) is 11.8 Å². The van der Waals surface area contributed by atoms with Crippen molar-refractivity contribution < 1.29 is 19.1 Å². The number of methoxy groups -OCH3 is 1. The fraction of sp³-hybridized carbons (Fsp3) is 0.281. The van der Waals surface area contributed by atoms with Gasteiger partial charge in [0.25, 0.3) is 0 Å². The molecule has 1 aliphatic heterocycles. The van der Waals surface area contributed by atoms with Crippen LogP contribution < -0.4 is 9.64 Å². The first-order chi connectivity index (χ1) is 19.9. The molecule has 9 heteroatoms. The zero-order valence-electron chi connectivity index (χ0n) is 23.4. The standard InChI is InChI=1S/C32H32ClN3O4S/c1-21-8-4-13-28(22(21)2)40-16-7-14-29(37)36-15-17-41-31-25(10-6-12-27(31)36)24-18-34-35(20-24)19-23-9-5-11-26(30(23)33)32(38)39-3/h4-6,8-13,18,20H,7,14-17,19H2,1-3H3. The number of carbonyl (C=O) groups excluding carboxylic acids is 2. The van der Waals surface area contributed by atoms with E-state index in [1.165, 1.54) is 12.7 Å². The lowest BCUT2D eigenvalue weighted by molar-refractivity contribution is -0.118. The lowest BCUT2D eigenvalue weighted by Crippen LogP contribution is -2.35. The highest BCUT2D eigenvalue weighted by molar-refractivity contribution is 7.99. The van der Waals surface area contributed by atoms with Crippen LogP contribution in [0.15, 0.2) is 71.9 Å². The van der Waals surface area contributed by atoms with Gasteiger partial charge in [0.15, 0.2) is 0 Å². The second-order valence-corrected chi connectivity index (χ2v) is 11.4. The molecule has 2 heterocycles. The summed E-state index contributed by atoms with van der Waals surface area (Å²) < 4.78 is 12.6. The zero-order chi connectivity index (χ0) is 28.9. The maximum Gasteiger partial charge on any atom is 0.339 e. The van der Waals surface area contributed by atoms with E-state index in [-0.39, 0.29) is 5.91 Å². The van der Waals surface area contributed by atoms with Crippen LogP contribution in [0, 0.1) is 13.8 Å². The van der Waals surface area contributed by atoms with E-state index in [1.807, 2.05) is 47.6 Å². The van der Waals surface area contributed by atoms with Crippen LogP contribution in [0.5, 0.6) is 5.75 Å². The minimum absolute atomic E-state index is 0.101. The second-order valence-electron chi connectivity index (χ2n) is 9.89. The molecular formula is C32H32ClN3O4S. The Labute approximate surface area is 249 Å². The number of benzene rings is 3. The number of hydrogen-bond donors (Lipinski definition) is 0. The van der Waals surface area contributed by atoms with Crippen molar-refractivity contribution in [3.8, 4) is 16.9 Å². The highest BCUT2D eigenvalue weighted by atomic mass is 35.5. The van der Waals surface area contributed by atoms with Gasteiger partial charge in [0.1, 0.15) is 5.75 Å². The predicted octanol–water partition coefficient (Wildman–Crippen LogP) is 6.95. The van der Waals surface area contributed by atoms with Gasteiger partial charge in [-0.25, -0.2) is 4.79 Å². The van der Waals surface area contributed by atoms with Gasteiger partial charge in [-0.3, -0.25) is 9.48 Å². The molecule has 0 spiro atoms. The van der Waals surface area contributed by atoms with Crippen LogP contribution in [0.2, 0.25) is 5.02 Å². The van der Waals surface area contributed by atoms with Crippen molar-refractivity contribution in [1.82, 2.24) is 9.78 Å². The minimum Gasteiger partial charge on any atom is -0.493 e. The van der Waals surface area contributed by atoms with E-state index in [0.29, 0.717) is 43.1 Å². The van der Waals surface area contributed by atoms with E-state index in [9.17, 15) is 9.59 Å². The summed E-state index contributed by atoms with van der Waals surface area (Å²) in [6.07, 6.45) is 4.85. The molecule has 1 amide bonds. The molecule has 3 aromatic carbocycles. The Morgan fingerprint density at radius 1 is 1.07 bits per heavy atom. The molecule has 0 bridgehead atoms. The topological polar surface area (TPSA) is 73.7 Å². The van der Waals surface area contributed by atoms with Crippen LogP contribution in [0.3, 0.4) is 0 Å². The summed E-state index contributed by atoms with van der Waals surface area (Å²) in [5.41, 5.74) is 6.34. The first-order valence-corrected chi connectivity index (χ1v) is 14.9. The van der Waals surface area contributed by atoms with Crippen LogP contribution in [-0.2, 0) is 16.1 Å². The molecule has 0 aliphatic carbocycles. The molecule has 0 fully saturated rings. The average Bonchev–Trinajstić information content (AvgIpc) is 3.45. The van der Waals surface area contributed by atoms with Gasteiger partial charge in [0.2, 0.25) is 5.91 Å². The molecule has 0 N–H and O–H groups in total. The van der Waals surface area contributed by atoms with Crippen LogP contribution >= 0.6 is 23.4 Å². The van der Waals surface area contributed by atoms with E-state index in [0.717, 1.165) is 44.3 Å². The number of rotatable bonds is 9. The molecule has 1 aliphatic rings. The van der Waals surface area contributed by atoms with E-state index in [2.05, 4.69) is 31.1 Å². The fourth-order valence-corrected chi connectivity index (χ4v) is 6.30. The summed E-state index contributed by atoms with van der Waals surface area (Å²) in [6.45, 7) is 5.69. The molecule has 1 aromatic heterocycles. The minimum atomic E-state index is -0.473. The number of ether oxygens (including phenoxy) is 2. The van der Waals surface area contributed by atoms with E-state index >= 15 is 0 Å². The van der Waals surface area contributed by atoms with Crippen LogP contribution in [-0.4, -0.2) is 47.7 Å². The van der Waals surface area contributed by atoms with Gasteiger partial charge < -0.3 is 14.4 Å². The van der Waals surface area contributed by atoms with Crippen molar-refractivity contribution in [2.45, 2.75) is 38.1 Å². The highest BCUT2D eigenvalue weighted by Gasteiger charge is 2.25. The first-order valence-electron chi connectivity index (χ1n) is 13.5. The van der Waals surface area contributed by atoms with Crippen molar-refractivity contribution in [1.29, 1.82) is 0 Å². The van der Waals surface area contributed by atoms with Crippen LogP contribution in [0.25, 0.3) is 11.1 Å². The van der Waals surface area contributed by atoms with Crippen molar-refractivity contribution in [3.05, 3.63) is 94.3 Å². The molecule has 0 unspecified atom stereocenters. The van der Waals surface area contributed by atoms with E-state index in [1.54, 1.807) is 28.6 Å². The van der Waals surface area contributed by atoms with E-state index < -0.39 is 5.97 Å². The van der Waals surface area contributed by atoms with E-state index in [4.69, 9.17) is 21.1 Å². The number of nitrogens with zero attached hydrogens (tertiary/aromatic N) is 3. The molecule has 4 aromatic rings. The zero-order valence-corrected chi connectivity index (χ0v) is 24.9. The number of aryl methyl sites for hydroxylation is 1. The number of esters is 1. The number of halogens is 1. The summed E-state index contributed by atoms with van der Waals surface area (Å²) >= 11 is 8.25. The number of anilines is 1. The Hall–Kier alpha value is -3.75. The highest BCUT2D eigenvalue weighted by Crippen LogP contribution is 2.42. The lowest BCUT2D eigenvalue weighted by atomic mass is 10.1. The first kappa shape index (κ1) is 28.8. The normalized spacial score (nSPS) is 12.6. The third-order valence-corrected chi connectivity index (χ3v) is 8.81. The van der Waals surface area contributed by atoms with Gasteiger partial charge in [0, 0.05) is 40.9 Å². The average molecular weight is 590 g/mol. The van der Waals surface area contributed by atoms with Gasteiger partial charge >= 0.3 is 5.97 Å². The number of fused-ring (bicyclic) bond motifs is 1. The summed E-state index contributed by atoms with van der Waals surface area (Å²) in [7, 11) is 1.33. The van der Waals surface area contributed by atoms with Crippen molar-refractivity contribution in [2.75, 3.05) is 30.9 Å². The van der Waals surface area contributed by atoms with Gasteiger partial charge in [-0.05, 0) is 55.2 Å². The molecular weight excluding hydrogens is 558 g/mol. The molecule has 0 radical (unpaired) electrons. The third kappa shape index (κ3) is 6.29. The maximum atomic E-state index is 13.3. The Bertz CT molecular complexity index is 1590. The monoisotopic (exact) mass is 589 g/mol. The second kappa shape index (κ2) is 12.8. The lowest BCUT2D eigenvalue weighted by Gasteiger charge is -2.30. The molecule has 212 valence electrons. The predicted molar refractivity (Wildman–Crippen MR) is 163 cm³/mol. The fourth-order valence-electron chi connectivity index (χ4n) is 4.89. The number of aromatic nitrogens is 2. The number of amides is 1. The van der Waals surface area contributed by atoms with Crippen molar-refractivity contribution in [3.63, 3.8) is 0 Å². The van der Waals surface area contributed by atoms with Gasteiger partial charge in [-0.2, -0.15) is 5.10 Å². The van der Waals surface area contributed by atoms with Crippen LogP contribution in [0.4, 0.5) is 5.69 Å². The largest absolute Gasteiger partial charge is 0.493 e. The molecule has 5 rings (SSSR count). The van der Waals surface area contributed by atoms with Crippen LogP contribution in [0.1, 0.15) is 39.9 Å². The Morgan fingerprint density at radius 3 is 2.71 bits per heavy atom. The quantitative estimate of drug-likeness (QED) is 0.155. The summed E-state index contributed by atoms with van der Waals surface area (Å²) in [5, 5.41) is 4.91. The maximum absolute atomic E-state index is 13.3. The third-order valence-electron chi connectivity index (χ3n) is 7.26. The summed E-state index contributed by atoms with van der Waals surface area (Å²) in [6, 6.07) is 17.4.